The number of aromatic nitrogens is 2. The predicted molar refractivity (Wildman–Crippen MR) is 110 cm³/mol. The Hall–Kier alpha value is -3.13. The van der Waals surface area contributed by atoms with Gasteiger partial charge in [-0.05, 0) is 48.1 Å². The monoisotopic (exact) mass is 398 g/mol. The Morgan fingerprint density at radius 1 is 1.18 bits per heavy atom. The summed E-state index contributed by atoms with van der Waals surface area (Å²) < 4.78 is 26.1. The maximum absolute atomic E-state index is 13.6. The highest BCUT2D eigenvalue weighted by Crippen LogP contribution is 2.45. The summed E-state index contributed by atoms with van der Waals surface area (Å²) in [5.41, 5.74) is 4.46. The molecule has 0 radical (unpaired) electrons. The number of thiocarbonyl (C=S) groups is 1. The summed E-state index contributed by atoms with van der Waals surface area (Å²) in [6.07, 6.45) is 0.648. The average Bonchev–Trinajstić information content (AvgIpc) is 3.22. The van der Waals surface area contributed by atoms with Crippen LogP contribution in [0.5, 0.6) is 11.5 Å². The zero-order valence-corrected chi connectivity index (χ0v) is 16.5. The molecular weight excluding hydrogens is 379 g/mol. The number of methoxy groups -OCH3 is 2. The van der Waals surface area contributed by atoms with Crippen LogP contribution in [0.15, 0.2) is 36.4 Å². The second-order valence-electron chi connectivity index (χ2n) is 6.32. The molecule has 4 rings (SSSR count). The predicted octanol–water partition coefficient (Wildman–Crippen LogP) is 3.71. The van der Waals surface area contributed by atoms with Crippen molar-refractivity contribution in [3.8, 4) is 22.8 Å². The van der Waals surface area contributed by atoms with E-state index in [-0.39, 0.29) is 5.82 Å². The maximum Gasteiger partial charge on any atom is 0.195 e. The molecule has 1 aromatic heterocycles. The number of rotatable bonds is 4. The molecule has 0 saturated heterocycles. The molecular formula is C20H19FN4O2S. The standard InChI is InChI=1S/C20H19FN4O2S/c1-22-20(28)25-19(23-13-6-4-5-12(21)9-13)15-7-11-8-16(26-2)17(27-3)10-14(11)18(15)24-25/h4-6,8-10,23H,7H2,1-3H3,(H,22,28). The molecule has 0 unspecified atom stereocenters. The average molecular weight is 398 g/mol. The van der Waals surface area contributed by atoms with Gasteiger partial charge in [0.1, 0.15) is 11.6 Å². The number of hydrogen-bond acceptors (Lipinski definition) is 5. The first-order valence-electron chi connectivity index (χ1n) is 8.67. The van der Waals surface area contributed by atoms with Crippen molar-refractivity contribution in [3.05, 3.63) is 53.3 Å². The highest BCUT2D eigenvalue weighted by atomic mass is 32.1. The van der Waals surface area contributed by atoms with Gasteiger partial charge in [-0.25, -0.2) is 4.39 Å². The van der Waals surface area contributed by atoms with Gasteiger partial charge in [-0.1, -0.05) is 6.07 Å². The van der Waals surface area contributed by atoms with Crippen molar-refractivity contribution in [2.24, 2.45) is 0 Å². The van der Waals surface area contributed by atoms with Crippen molar-refractivity contribution in [1.82, 2.24) is 15.1 Å². The summed E-state index contributed by atoms with van der Waals surface area (Å²) in [6, 6.07) is 10.2. The van der Waals surface area contributed by atoms with Crippen molar-refractivity contribution in [2.75, 3.05) is 26.6 Å². The maximum atomic E-state index is 13.6. The van der Waals surface area contributed by atoms with Gasteiger partial charge in [-0.15, -0.1) is 0 Å². The molecule has 1 heterocycles. The summed E-state index contributed by atoms with van der Waals surface area (Å²) >= 11 is 5.41. The van der Waals surface area contributed by atoms with Crippen LogP contribution < -0.4 is 20.1 Å². The Bertz CT molecular complexity index is 1080. The third kappa shape index (κ3) is 2.95. The van der Waals surface area contributed by atoms with Crippen molar-refractivity contribution in [1.29, 1.82) is 0 Å². The minimum absolute atomic E-state index is 0.318. The van der Waals surface area contributed by atoms with Crippen LogP contribution in [0.1, 0.15) is 11.1 Å². The third-order valence-corrected chi connectivity index (χ3v) is 5.09. The minimum atomic E-state index is -0.318. The molecule has 1 aliphatic rings. The molecule has 0 amide bonds. The molecule has 6 nitrogen and oxygen atoms in total. The number of hydrogen-bond donors (Lipinski definition) is 2. The molecule has 28 heavy (non-hydrogen) atoms. The number of anilines is 2. The molecule has 0 atom stereocenters. The molecule has 8 heteroatoms. The van der Waals surface area contributed by atoms with Crippen molar-refractivity contribution >= 4 is 28.8 Å². The third-order valence-electron chi connectivity index (χ3n) is 4.71. The lowest BCUT2D eigenvalue weighted by molar-refractivity contribution is 0.355. The zero-order chi connectivity index (χ0) is 19.8. The second kappa shape index (κ2) is 7.12. The largest absolute Gasteiger partial charge is 0.493 e. The fraction of sp³-hybridized carbons (Fsp3) is 0.200. The van der Waals surface area contributed by atoms with Gasteiger partial charge in [0.15, 0.2) is 16.6 Å². The van der Waals surface area contributed by atoms with Crippen LogP contribution in [0, 0.1) is 5.82 Å². The number of ether oxygens (including phenoxy) is 2. The molecule has 3 aromatic rings. The highest BCUT2D eigenvalue weighted by Gasteiger charge is 2.30. The van der Waals surface area contributed by atoms with Crippen molar-refractivity contribution in [2.45, 2.75) is 6.42 Å². The molecule has 1 aliphatic carbocycles. The zero-order valence-electron chi connectivity index (χ0n) is 15.7. The van der Waals surface area contributed by atoms with Crippen LogP contribution in [0.25, 0.3) is 11.3 Å². The summed E-state index contributed by atoms with van der Waals surface area (Å²) in [7, 11) is 4.95. The van der Waals surface area contributed by atoms with Gasteiger partial charge in [-0.2, -0.15) is 9.78 Å². The van der Waals surface area contributed by atoms with E-state index in [1.165, 1.54) is 12.1 Å². The van der Waals surface area contributed by atoms with Gasteiger partial charge in [0.2, 0.25) is 0 Å². The molecule has 0 fully saturated rings. The number of benzene rings is 2. The van der Waals surface area contributed by atoms with E-state index in [4.69, 9.17) is 26.8 Å². The fourth-order valence-electron chi connectivity index (χ4n) is 3.40. The first kappa shape index (κ1) is 18.2. The highest BCUT2D eigenvalue weighted by molar-refractivity contribution is 7.80. The Kier molecular flexibility index (Phi) is 4.64. The Morgan fingerprint density at radius 2 is 1.93 bits per heavy atom. The van der Waals surface area contributed by atoms with Crippen LogP contribution in [-0.4, -0.2) is 36.2 Å². The Labute approximate surface area is 167 Å². The summed E-state index contributed by atoms with van der Waals surface area (Å²) in [5, 5.41) is 11.4. The van der Waals surface area contributed by atoms with Crippen molar-refractivity contribution < 1.29 is 13.9 Å². The lowest BCUT2D eigenvalue weighted by atomic mass is 10.1. The lowest BCUT2D eigenvalue weighted by Gasteiger charge is -2.13. The molecule has 0 aliphatic heterocycles. The Morgan fingerprint density at radius 3 is 2.61 bits per heavy atom. The van der Waals surface area contributed by atoms with Gasteiger partial charge in [0.25, 0.3) is 0 Å². The topological polar surface area (TPSA) is 60.3 Å². The van der Waals surface area contributed by atoms with Crippen LogP contribution in [0.4, 0.5) is 15.9 Å². The van der Waals surface area contributed by atoms with Gasteiger partial charge >= 0.3 is 0 Å². The molecule has 144 valence electrons. The SMILES string of the molecule is CNC(=S)n1nc2c(c1Nc1cccc(F)c1)Cc1cc(OC)c(OC)cc1-2. The summed E-state index contributed by atoms with van der Waals surface area (Å²) in [6.45, 7) is 0. The normalized spacial score (nSPS) is 11.6. The van der Waals surface area contributed by atoms with E-state index in [1.807, 2.05) is 12.1 Å². The van der Waals surface area contributed by atoms with Gasteiger partial charge in [-0.3, -0.25) is 0 Å². The fourth-order valence-corrected chi connectivity index (χ4v) is 3.53. The minimum Gasteiger partial charge on any atom is -0.493 e. The molecule has 0 saturated carbocycles. The number of fused-ring (bicyclic) bond motifs is 3. The van der Waals surface area contributed by atoms with Crippen LogP contribution >= 0.6 is 12.2 Å². The molecule has 0 spiro atoms. The van der Waals surface area contributed by atoms with Crippen LogP contribution in [0.2, 0.25) is 0 Å². The van der Waals surface area contributed by atoms with E-state index in [0.717, 1.165) is 22.4 Å². The van der Waals surface area contributed by atoms with Crippen LogP contribution in [0.3, 0.4) is 0 Å². The van der Waals surface area contributed by atoms with E-state index in [0.29, 0.717) is 34.5 Å². The molecule has 0 bridgehead atoms. The number of nitrogens with one attached hydrogen (secondary N) is 2. The molecule has 2 N–H and O–H groups in total. The van der Waals surface area contributed by atoms with Gasteiger partial charge in [0, 0.05) is 30.3 Å². The molecule has 2 aromatic carbocycles. The lowest BCUT2D eigenvalue weighted by Crippen LogP contribution is -2.26. The van der Waals surface area contributed by atoms with E-state index in [1.54, 1.807) is 38.1 Å². The quantitative estimate of drug-likeness (QED) is 0.511. The number of halogens is 1. The van der Waals surface area contributed by atoms with Crippen LogP contribution in [-0.2, 0) is 6.42 Å². The second-order valence-corrected chi connectivity index (χ2v) is 6.71. The van der Waals surface area contributed by atoms with E-state index in [9.17, 15) is 4.39 Å². The summed E-state index contributed by atoms with van der Waals surface area (Å²) in [5.74, 6) is 1.69. The van der Waals surface area contributed by atoms with Gasteiger partial charge < -0.3 is 20.1 Å². The summed E-state index contributed by atoms with van der Waals surface area (Å²) in [4.78, 5) is 0. The van der Waals surface area contributed by atoms with E-state index >= 15 is 0 Å². The smallest absolute Gasteiger partial charge is 0.195 e. The van der Waals surface area contributed by atoms with E-state index < -0.39 is 0 Å². The first-order valence-corrected chi connectivity index (χ1v) is 9.08. The van der Waals surface area contributed by atoms with Crippen molar-refractivity contribution in [3.63, 3.8) is 0 Å². The Balaban J connectivity index is 1.84. The van der Waals surface area contributed by atoms with Gasteiger partial charge in [0.05, 0.1) is 19.9 Å². The van der Waals surface area contributed by atoms with E-state index in [2.05, 4.69) is 10.6 Å². The number of nitrogens with zero attached hydrogens (tertiary/aromatic N) is 2. The first-order chi connectivity index (χ1) is 13.5.